The van der Waals surface area contributed by atoms with E-state index in [-0.39, 0.29) is 67.6 Å². The molecule has 0 radical (unpaired) electrons. The molecule has 0 saturated carbocycles. The van der Waals surface area contributed by atoms with Crippen LogP contribution < -0.4 is 0 Å². The maximum Gasteiger partial charge on any atom is 3.00 e. The minimum absolute atomic E-state index is 0. The Hall–Kier alpha value is 3.11. The summed E-state index contributed by atoms with van der Waals surface area (Å²) < 4.78 is 0. The van der Waals surface area contributed by atoms with Crippen LogP contribution in [-0.2, 0) is 20.1 Å². The number of rotatable bonds is 30. The predicted octanol–water partition coefficient (Wildman–Crippen LogP) is 17.9. The van der Waals surface area contributed by atoms with Crippen molar-refractivity contribution in [3.05, 3.63) is 16.0 Å². The van der Waals surface area contributed by atoms with Gasteiger partial charge in [-0.2, -0.15) is 0 Å². The van der Waals surface area contributed by atoms with Crippen LogP contribution in [-0.4, -0.2) is 144 Å². The second-order valence-corrected chi connectivity index (χ2v) is 40.8. The second kappa shape index (κ2) is 40.4. The Kier molecular flexibility index (Phi) is 47.1. The zero-order chi connectivity index (χ0) is 45.0. The van der Waals surface area contributed by atoms with Crippen LogP contribution in [0, 0.1) is 0 Å². The van der Waals surface area contributed by atoms with E-state index < -0.39 is 0 Å². The molecule has 0 aliphatic rings. The fourth-order valence-electron chi connectivity index (χ4n) is 8.13. The summed E-state index contributed by atoms with van der Waals surface area (Å²) >= 11 is 0. The van der Waals surface area contributed by atoms with Gasteiger partial charge in [0.1, 0.15) is 0 Å². The molecule has 3 nitrogen and oxygen atoms in total. The molecule has 0 aliphatic carbocycles. The van der Waals surface area contributed by atoms with Gasteiger partial charge in [-0.3, -0.25) is 0 Å². The quantitative estimate of drug-likeness (QED) is 0.0508. The van der Waals surface area contributed by atoms with E-state index in [4.69, 9.17) is 16.0 Å². The summed E-state index contributed by atoms with van der Waals surface area (Å²) in [5, 5.41) is 14.4. The number of hydrogen-bond acceptors (Lipinski definition) is 0. The standard InChI is InChI=1S/3C16H36NP2.Ir/c3*1-13(2)18(14(3)4)11-9-17-10-12-19(15(5)6)16(7)8;/h3*13-16H,9-12H2,1-8H3;/q3*-1;+3. The van der Waals surface area contributed by atoms with Gasteiger partial charge in [-0.15, -0.1) is 86.8 Å². The van der Waals surface area contributed by atoms with E-state index in [1.54, 1.807) is 0 Å². The second-order valence-electron chi connectivity index (χ2n) is 19.6. The summed E-state index contributed by atoms with van der Waals surface area (Å²) in [5.41, 5.74) is 10.3. The summed E-state index contributed by atoms with van der Waals surface area (Å²) in [5.74, 6) is 0. The molecule has 10 heteroatoms. The van der Waals surface area contributed by atoms with Crippen LogP contribution in [0.25, 0.3) is 16.0 Å². The third-order valence-electron chi connectivity index (χ3n) is 11.1. The first-order valence-electron chi connectivity index (χ1n) is 23.7. The Labute approximate surface area is 391 Å². The molecule has 0 aromatic heterocycles. The van der Waals surface area contributed by atoms with Crippen molar-refractivity contribution in [2.24, 2.45) is 0 Å². The summed E-state index contributed by atoms with van der Waals surface area (Å²) in [6.07, 6.45) is 8.04. The van der Waals surface area contributed by atoms with E-state index in [0.717, 1.165) is 107 Å². The fourth-order valence-corrected chi connectivity index (χ4v) is 23.7. The van der Waals surface area contributed by atoms with E-state index in [0.29, 0.717) is 0 Å². The molecule has 0 amide bonds. The monoisotopic (exact) mass is 1110 g/mol. The smallest absolute Gasteiger partial charge is 0.662 e. The van der Waals surface area contributed by atoms with Crippen molar-refractivity contribution in [2.75, 3.05) is 76.2 Å². The van der Waals surface area contributed by atoms with Gasteiger partial charge in [0.25, 0.3) is 0 Å². The topological polar surface area (TPSA) is 42.3 Å². The van der Waals surface area contributed by atoms with Gasteiger partial charge in [-0.1, -0.05) is 203 Å². The summed E-state index contributed by atoms with van der Waals surface area (Å²) in [6.45, 7) is 63.7. The molecule has 0 aromatic rings. The van der Waals surface area contributed by atoms with E-state index >= 15 is 0 Å². The molecule has 0 unspecified atom stereocenters. The molecule has 0 fully saturated rings. The van der Waals surface area contributed by atoms with Crippen molar-refractivity contribution >= 4 is 47.5 Å². The van der Waals surface area contributed by atoms with Gasteiger partial charge >= 0.3 is 20.1 Å². The minimum Gasteiger partial charge on any atom is -0.662 e. The van der Waals surface area contributed by atoms with Gasteiger partial charge in [0.15, 0.2) is 0 Å². The van der Waals surface area contributed by atoms with Crippen molar-refractivity contribution < 1.29 is 20.1 Å². The Morgan fingerprint density at radius 2 is 0.293 bits per heavy atom. The third-order valence-corrected chi connectivity index (χ3v) is 31.3. The van der Waals surface area contributed by atoms with Crippen LogP contribution in [0.3, 0.4) is 0 Å². The molecule has 0 atom stereocenters. The molecular formula is C48H108IrN3P6. The Morgan fingerprint density at radius 3 is 0.362 bits per heavy atom. The predicted molar refractivity (Wildman–Crippen MR) is 292 cm³/mol. The van der Waals surface area contributed by atoms with Crippen molar-refractivity contribution in [3.63, 3.8) is 0 Å². The van der Waals surface area contributed by atoms with Gasteiger partial charge < -0.3 is 16.0 Å². The molecule has 58 heavy (non-hydrogen) atoms. The first-order chi connectivity index (χ1) is 26.3. The third kappa shape index (κ3) is 35.4. The molecule has 354 valence electrons. The summed E-state index contributed by atoms with van der Waals surface area (Å²) in [4.78, 5) is 0. The summed E-state index contributed by atoms with van der Waals surface area (Å²) in [6, 6.07) is 0. The Bertz CT molecular complexity index is 647. The minimum atomic E-state index is 0. The molecule has 0 bridgehead atoms. The molecular weight excluding hydrogens is 997 g/mol. The van der Waals surface area contributed by atoms with Crippen LogP contribution in [0.5, 0.6) is 0 Å². The maximum absolute atomic E-state index is 4.81. The number of nitrogens with zero attached hydrogens (tertiary/aromatic N) is 3. The van der Waals surface area contributed by atoms with Crippen LogP contribution >= 0.6 is 47.5 Å². The molecule has 0 heterocycles. The van der Waals surface area contributed by atoms with Gasteiger partial charge in [-0.05, 0) is 67.9 Å². The average molecular weight is 1110 g/mol. The largest absolute Gasteiger partial charge is 3.00 e. The van der Waals surface area contributed by atoms with Crippen LogP contribution in [0.2, 0.25) is 0 Å². The summed E-state index contributed by atoms with van der Waals surface area (Å²) in [7, 11) is 1.06. The Balaban J connectivity index is -0.000000374. The van der Waals surface area contributed by atoms with E-state index in [2.05, 4.69) is 166 Å². The molecule has 0 rings (SSSR count). The van der Waals surface area contributed by atoms with Crippen molar-refractivity contribution in [1.29, 1.82) is 0 Å². The van der Waals surface area contributed by atoms with Gasteiger partial charge in [0, 0.05) is 0 Å². The molecule has 0 saturated heterocycles. The molecule has 0 aromatic carbocycles. The zero-order valence-electron chi connectivity index (χ0n) is 43.8. The van der Waals surface area contributed by atoms with Gasteiger partial charge in [-0.25, -0.2) is 0 Å². The molecule has 0 spiro atoms. The van der Waals surface area contributed by atoms with E-state index in [9.17, 15) is 0 Å². The molecule has 0 aliphatic heterocycles. The SMILES string of the molecule is CC(C)P(CC[N-]CCP(C(C)C)C(C)C)C(C)C.CC(C)P(CC[N-]CCP(C(C)C)C(C)C)C(C)C.CC(C)P(CC[N-]CCP(C(C)C)C(C)C)C(C)C.[Ir+3]. The fraction of sp³-hybridized carbons (Fsp3) is 1.00. The van der Waals surface area contributed by atoms with E-state index in [1.807, 2.05) is 0 Å². The van der Waals surface area contributed by atoms with Gasteiger partial charge in [0.2, 0.25) is 0 Å². The maximum atomic E-state index is 4.81. The van der Waals surface area contributed by atoms with Crippen molar-refractivity contribution in [2.45, 2.75) is 234 Å². The van der Waals surface area contributed by atoms with Crippen molar-refractivity contribution in [1.82, 2.24) is 0 Å². The zero-order valence-corrected chi connectivity index (χ0v) is 51.5. The normalized spacial score (nSPS) is 12.7. The Morgan fingerprint density at radius 1 is 0.207 bits per heavy atom. The molecule has 0 N–H and O–H groups in total. The first kappa shape index (κ1) is 67.7. The van der Waals surface area contributed by atoms with Crippen LogP contribution in [0.4, 0.5) is 0 Å². The van der Waals surface area contributed by atoms with Gasteiger partial charge in [0.05, 0.1) is 0 Å². The van der Waals surface area contributed by atoms with Crippen molar-refractivity contribution in [3.8, 4) is 0 Å². The van der Waals surface area contributed by atoms with E-state index in [1.165, 1.54) is 37.0 Å². The van der Waals surface area contributed by atoms with Crippen LogP contribution in [0.15, 0.2) is 0 Å². The first-order valence-corrected chi connectivity index (χ1v) is 33.7. The number of hydrogen-bond donors (Lipinski definition) is 0. The average Bonchev–Trinajstić information content (AvgIpc) is 3.05. The van der Waals surface area contributed by atoms with Crippen LogP contribution in [0.1, 0.15) is 166 Å².